The maximum Gasteiger partial charge on any atom is 0.152 e. The van der Waals surface area contributed by atoms with Gasteiger partial charge in [-0.2, -0.15) is 0 Å². The number of piperazine rings is 1. The van der Waals surface area contributed by atoms with Crippen molar-refractivity contribution >= 4 is 11.6 Å². The molecule has 1 aliphatic heterocycles. The van der Waals surface area contributed by atoms with Gasteiger partial charge in [0.1, 0.15) is 5.82 Å². The standard InChI is InChI=1S/C17H24ClN5/c1-21-8-10-23(11-9-21)14(12-19)15-16(18)20-17(22(15)2)13-6-4-3-5-7-13/h3-7,14H,8-12,19H2,1-2H3. The fourth-order valence-corrected chi connectivity index (χ4v) is 3.58. The van der Waals surface area contributed by atoms with E-state index in [1.807, 2.05) is 25.2 Å². The van der Waals surface area contributed by atoms with Crippen LogP contribution in [-0.4, -0.2) is 59.1 Å². The summed E-state index contributed by atoms with van der Waals surface area (Å²) < 4.78 is 2.09. The molecule has 1 aromatic heterocycles. The summed E-state index contributed by atoms with van der Waals surface area (Å²) in [5.41, 5.74) is 8.18. The van der Waals surface area contributed by atoms with Crippen molar-refractivity contribution in [2.75, 3.05) is 39.8 Å². The first kappa shape index (κ1) is 16.5. The molecule has 1 aromatic carbocycles. The van der Waals surface area contributed by atoms with Gasteiger partial charge in [0.15, 0.2) is 5.15 Å². The Morgan fingerprint density at radius 3 is 2.39 bits per heavy atom. The number of hydrogen-bond donors (Lipinski definition) is 1. The van der Waals surface area contributed by atoms with E-state index in [4.69, 9.17) is 17.3 Å². The van der Waals surface area contributed by atoms with Crippen LogP contribution in [0.3, 0.4) is 0 Å². The lowest BCUT2D eigenvalue weighted by Gasteiger charge is -2.37. The molecule has 0 aliphatic carbocycles. The number of aromatic nitrogens is 2. The second kappa shape index (κ2) is 7.01. The highest BCUT2D eigenvalue weighted by atomic mass is 35.5. The summed E-state index contributed by atoms with van der Waals surface area (Å²) in [5.74, 6) is 0.887. The highest BCUT2D eigenvalue weighted by molar-refractivity contribution is 6.30. The zero-order chi connectivity index (χ0) is 16.4. The third-order valence-electron chi connectivity index (χ3n) is 4.64. The van der Waals surface area contributed by atoms with E-state index in [-0.39, 0.29) is 6.04 Å². The van der Waals surface area contributed by atoms with Crippen LogP contribution in [0.4, 0.5) is 0 Å². The fourth-order valence-electron chi connectivity index (χ4n) is 3.25. The number of likely N-dealkylation sites (N-methyl/N-ethyl adjacent to an activating group) is 1. The van der Waals surface area contributed by atoms with E-state index in [2.05, 4.69) is 38.5 Å². The number of hydrogen-bond acceptors (Lipinski definition) is 4. The van der Waals surface area contributed by atoms with Crippen molar-refractivity contribution in [3.8, 4) is 11.4 Å². The molecule has 5 nitrogen and oxygen atoms in total. The van der Waals surface area contributed by atoms with Crippen LogP contribution in [0.2, 0.25) is 5.15 Å². The minimum Gasteiger partial charge on any atom is -0.329 e. The molecule has 3 rings (SSSR count). The Morgan fingerprint density at radius 2 is 1.78 bits per heavy atom. The van der Waals surface area contributed by atoms with Crippen LogP contribution in [0.15, 0.2) is 30.3 Å². The van der Waals surface area contributed by atoms with E-state index in [1.54, 1.807) is 0 Å². The number of imidazole rings is 1. The van der Waals surface area contributed by atoms with Crippen LogP contribution < -0.4 is 5.73 Å². The average Bonchev–Trinajstić information content (AvgIpc) is 2.86. The van der Waals surface area contributed by atoms with Gasteiger partial charge in [0.2, 0.25) is 0 Å². The van der Waals surface area contributed by atoms with Crippen molar-refractivity contribution in [2.45, 2.75) is 6.04 Å². The quantitative estimate of drug-likeness (QED) is 0.929. The van der Waals surface area contributed by atoms with E-state index in [0.717, 1.165) is 43.3 Å². The first-order chi connectivity index (χ1) is 11.1. The SMILES string of the molecule is CN1CCN(C(CN)c2c(Cl)nc(-c3ccccc3)n2C)CC1. The van der Waals surface area contributed by atoms with Crippen LogP contribution in [0, 0.1) is 0 Å². The molecular formula is C17H24ClN5. The summed E-state index contributed by atoms with van der Waals surface area (Å²) in [4.78, 5) is 9.35. The number of rotatable bonds is 4. The average molecular weight is 334 g/mol. The van der Waals surface area contributed by atoms with E-state index in [1.165, 1.54) is 0 Å². The highest BCUT2D eigenvalue weighted by Crippen LogP contribution is 2.31. The summed E-state index contributed by atoms with van der Waals surface area (Å²) in [7, 11) is 4.18. The lowest BCUT2D eigenvalue weighted by molar-refractivity contribution is 0.111. The van der Waals surface area contributed by atoms with Crippen molar-refractivity contribution in [3.63, 3.8) is 0 Å². The van der Waals surface area contributed by atoms with E-state index < -0.39 is 0 Å². The molecule has 124 valence electrons. The minimum atomic E-state index is 0.103. The number of benzene rings is 1. The van der Waals surface area contributed by atoms with Gasteiger partial charge in [-0.3, -0.25) is 4.90 Å². The molecule has 0 spiro atoms. The Hall–Kier alpha value is -1.40. The van der Waals surface area contributed by atoms with Gasteiger partial charge in [0, 0.05) is 45.3 Å². The minimum absolute atomic E-state index is 0.103. The van der Waals surface area contributed by atoms with Crippen LogP contribution in [0.25, 0.3) is 11.4 Å². The van der Waals surface area contributed by atoms with Gasteiger partial charge in [-0.25, -0.2) is 4.98 Å². The second-order valence-corrected chi connectivity index (χ2v) is 6.49. The number of halogens is 1. The van der Waals surface area contributed by atoms with Crippen LogP contribution in [0.1, 0.15) is 11.7 Å². The number of nitrogens with zero attached hydrogens (tertiary/aromatic N) is 4. The molecule has 1 aliphatic rings. The van der Waals surface area contributed by atoms with Crippen LogP contribution in [-0.2, 0) is 7.05 Å². The molecule has 23 heavy (non-hydrogen) atoms. The normalized spacial score (nSPS) is 18.3. The smallest absolute Gasteiger partial charge is 0.152 e. The van der Waals surface area contributed by atoms with Crippen molar-refractivity contribution in [3.05, 3.63) is 41.2 Å². The van der Waals surface area contributed by atoms with E-state index in [0.29, 0.717) is 11.7 Å². The maximum absolute atomic E-state index is 6.50. The molecule has 1 fully saturated rings. The van der Waals surface area contributed by atoms with Crippen molar-refractivity contribution in [2.24, 2.45) is 12.8 Å². The molecule has 2 aromatic rings. The molecule has 0 amide bonds. The zero-order valence-electron chi connectivity index (χ0n) is 13.7. The Kier molecular flexibility index (Phi) is 5.02. The molecule has 1 atom stereocenters. The first-order valence-corrected chi connectivity index (χ1v) is 8.39. The highest BCUT2D eigenvalue weighted by Gasteiger charge is 2.28. The molecule has 2 N–H and O–H groups in total. The molecule has 0 saturated carbocycles. The van der Waals surface area contributed by atoms with Gasteiger partial charge in [-0.05, 0) is 7.05 Å². The molecular weight excluding hydrogens is 310 g/mol. The van der Waals surface area contributed by atoms with Crippen LogP contribution >= 0.6 is 11.6 Å². The van der Waals surface area contributed by atoms with Gasteiger partial charge < -0.3 is 15.2 Å². The van der Waals surface area contributed by atoms with Crippen molar-refractivity contribution < 1.29 is 0 Å². The molecule has 1 saturated heterocycles. The Morgan fingerprint density at radius 1 is 1.13 bits per heavy atom. The third-order valence-corrected chi connectivity index (χ3v) is 4.92. The first-order valence-electron chi connectivity index (χ1n) is 8.02. The monoisotopic (exact) mass is 333 g/mol. The van der Waals surface area contributed by atoms with Crippen molar-refractivity contribution in [1.82, 2.24) is 19.4 Å². The Balaban J connectivity index is 1.94. The maximum atomic E-state index is 6.50. The lowest BCUT2D eigenvalue weighted by Crippen LogP contribution is -2.48. The fraction of sp³-hybridized carbons (Fsp3) is 0.471. The van der Waals surface area contributed by atoms with Gasteiger partial charge in [0.05, 0.1) is 11.7 Å². The summed E-state index contributed by atoms with van der Waals surface area (Å²) in [5, 5.41) is 0.556. The molecule has 0 radical (unpaired) electrons. The summed E-state index contributed by atoms with van der Waals surface area (Å²) >= 11 is 6.50. The Bertz CT molecular complexity index is 647. The Labute approximate surface area is 142 Å². The summed E-state index contributed by atoms with van der Waals surface area (Å²) in [6.45, 7) is 4.65. The molecule has 0 bridgehead atoms. The summed E-state index contributed by atoms with van der Waals surface area (Å²) in [6.07, 6.45) is 0. The molecule has 6 heteroatoms. The predicted molar refractivity (Wildman–Crippen MR) is 94.5 cm³/mol. The predicted octanol–water partition coefficient (Wildman–Crippen LogP) is 1.99. The second-order valence-electron chi connectivity index (χ2n) is 6.13. The van der Waals surface area contributed by atoms with Crippen molar-refractivity contribution in [1.29, 1.82) is 0 Å². The van der Waals surface area contributed by atoms with Gasteiger partial charge in [-0.15, -0.1) is 0 Å². The largest absolute Gasteiger partial charge is 0.329 e. The van der Waals surface area contributed by atoms with Gasteiger partial charge in [0.25, 0.3) is 0 Å². The third kappa shape index (κ3) is 3.28. The van der Waals surface area contributed by atoms with Gasteiger partial charge >= 0.3 is 0 Å². The molecule has 1 unspecified atom stereocenters. The topological polar surface area (TPSA) is 50.3 Å². The van der Waals surface area contributed by atoms with E-state index in [9.17, 15) is 0 Å². The van der Waals surface area contributed by atoms with Gasteiger partial charge in [-0.1, -0.05) is 41.9 Å². The number of nitrogens with two attached hydrogens (primary N) is 1. The summed E-state index contributed by atoms with van der Waals surface area (Å²) in [6, 6.07) is 10.2. The van der Waals surface area contributed by atoms with Crippen LogP contribution in [0.5, 0.6) is 0 Å². The lowest BCUT2D eigenvalue weighted by atomic mass is 10.1. The zero-order valence-corrected chi connectivity index (χ0v) is 14.5. The molecule has 2 heterocycles. The van der Waals surface area contributed by atoms with E-state index >= 15 is 0 Å².